The Labute approximate surface area is 88.3 Å². The van der Waals surface area contributed by atoms with Crippen molar-refractivity contribution in [3.8, 4) is 0 Å². The number of ketones is 1. The Morgan fingerprint density at radius 2 is 2.20 bits per heavy atom. The summed E-state index contributed by atoms with van der Waals surface area (Å²) in [4.78, 5) is 15.8. The van der Waals surface area contributed by atoms with Crippen LogP contribution in [0, 0.1) is 0 Å². The summed E-state index contributed by atoms with van der Waals surface area (Å²) < 4.78 is 0. The first-order valence-electron chi connectivity index (χ1n) is 4.82. The van der Waals surface area contributed by atoms with Crippen molar-refractivity contribution in [3.05, 3.63) is 54.4 Å². The van der Waals surface area contributed by atoms with Crippen LogP contribution in [0.4, 0.5) is 0 Å². The number of aromatic nitrogens is 1. The van der Waals surface area contributed by atoms with Crippen molar-refractivity contribution in [2.24, 2.45) is 0 Å². The van der Waals surface area contributed by atoms with E-state index in [0.29, 0.717) is 0 Å². The molecule has 0 N–H and O–H groups in total. The van der Waals surface area contributed by atoms with Crippen molar-refractivity contribution in [1.82, 2.24) is 4.98 Å². The Balaban J connectivity index is 2.65. The molecule has 1 aromatic heterocycles. The fourth-order valence-corrected chi connectivity index (χ4v) is 1.58. The molecule has 0 radical (unpaired) electrons. The van der Waals surface area contributed by atoms with Crippen LogP contribution in [0.15, 0.2) is 48.8 Å². The molecule has 0 aliphatic rings. The average molecular weight is 197 g/mol. The van der Waals surface area contributed by atoms with Gasteiger partial charge in [0.25, 0.3) is 0 Å². The molecule has 0 aliphatic heterocycles. The molecule has 0 bridgehead atoms. The van der Waals surface area contributed by atoms with Crippen molar-refractivity contribution < 1.29 is 4.79 Å². The molecule has 1 heterocycles. The molecule has 2 rings (SSSR count). The molecule has 0 unspecified atom stereocenters. The third kappa shape index (κ3) is 1.79. The van der Waals surface area contributed by atoms with Crippen molar-refractivity contribution in [1.29, 1.82) is 0 Å². The molecular weight excluding hydrogens is 186 g/mol. The van der Waals surface area contributed by atoms with Gasteiger partial charge in [-0.3, -0.25) is 9.78 Å². The normalized spacial score (nSPS) is 11.0. The lowest BCUT2D eigenvalue weighted by atomic mass is 10.0. The van der Waals surface area contributed by atoms with Gasteiger partial charge in [-0.1, -0.05) is 24.3 Å². The highest BCUT2D eigenvalue weighted by atomic mass is 16.1. The highest BCUT2D eigenvalue weighted by Gasteiger charge is 2.05. The molecule has 2 aromatic rings. The Hall–Kier alpha value is -1.96. The maximum Gasteiger partial charge on any atom is 0.186 e. The number of carbonyl (C=O) groups is 1. The number of fused-ring (bicyclic) bond motifs is 1. The van der Waals surface area contributed by atoms with Gasteiger partial charge in [0.1, 0.15) is 0 Å². The number of pyridine rings is 1. The number of hydrogen-bond donors (Lipinski definition) is 0. The van der Waals surface area contributed by atoms with Crippen molar-refractivity contribution in [3.63, 3.8) is 0 Å². The van der Waals surface area contributed by atoms with E-state index in [1.165, 1.54) is 0 Å². The minimum atomic E-state index is 0.0364. The maximum absolute atomic E-state index is 11.8. The van der Waals surface area contributed by atoms with Crippen molar-refractivity contribution in [2.75, 3.05) is 0 Å². The van der Waals surface area contributed by atoms with Gasteiger partial charge in [-0.05, 0) is 24.5 Å². The lowest BCUT2D eigenvalue weighted by molar-refractivity contribution is 0.104. The van der Waals surface area contributed by atoms with Crippen LogP contribution in [0.3, 0.4) is 0 Å². The van der Waals surface area contributed by atoms with E-state index in [4.69, 9.17) is 0 Å². The highest BCUT2D eigenvalue weighted by molar-refractivity contribution is 6.13. The second-order valence-corrected chi connectivity index (χ2v) is 3.27. The number of benzene rings is 1. The molecule has 74 valence electrons. The van der Waals surface area contributed by atoms with E-state index in [1.807, 2.05) is 31.2 Å². The van der Waals surface area contributed by atoms with Crippen molar-refractivity contribution in [2.45, 2.75) is 6.92 Å². The van der Waals surface area contributed by atoms with Gasteiger partial charge in [-0.2, -0.15) is 0 Å². The van der Waals surface area contributed by atoms with Crippen LogP contribution in [0.25, 0.3) is 10.8 Å². The second kappa shape index (κ2) is 4.05. The smallest absolute Gasteiger partial charge is 0.186 e. The number of nitrogens with zero attached hydrogens (tertiary/aromatic N) is 1. The Morgan fingerprint density at radius 1 is 1.33 bits per heavy atom. The minimum Gasteiger partial charge on any atom is -0.289 e. The second-order valence-electron chi connectivity index (χ2n) is 3.27. The monoisotopic (exact) mass is 197 g/mol. The number of rotatable bonds is 2. The van der Waals surface area contributed by atoms with Crippen LogP contribution in [0.2, 0.25) is 0 Å². The van der Waals surface area contributed by atoms with E-state index >= 15 is 0 Å². The predicted octanol–water partition coefficient (Wildman–Crippen LogP) is 2.99. The molecule has 1 aromatic carbocycles. The fraction of sp³-hybridized carbons (Fsp3) is 0.0769. The van der Waals surface area contributed by atoms with Gasteiger partial charge >= 0.3 is 0 Å². The summed E-state index contributed by atoms with van der Waals surface area (Å²) in [5.74, 6) is 0.0364. The summed E-state index contributed by atoms with van der Waals surface area (Å²) >= 11 is 0. The molecule has 0 saturated heterocycles. The first-order chi connectivity index (χ1) is 7.33. The zero-order chi connectivity index (χ0) is 10.7. The van der Waals surface area contributed by atoms with E-state index in [1.54, 1.807) is 24.5 Å². The van der Waals surface area contributed by atoms with Gasteiger partial charge in [-0.25, -0.2) is 0 Å². The van der Waals surface area contributed by atoms with Gasteiger partial charge in [0.15, 0.2) is 5.78 Å². The van der Waals surface area contributed by atoms with E-state index in [9.17, 15) is 4.79 Å². The molecule has 0 spiro atoms. The molecule has 0 atom stereocenters. The largest absolute Gasteiger partial charge is 0.289 e. The van der Waals surface area contributed by atoms with Gasteiger partial charge in [0, 0.05) is 23.3 Å². The average Bonchev–Trinajstić information content (AvgIpc) is 2.28. The van der Waals surface area contributed by atoms with Crippen LogP contribution in [0.1, 0.15) is 17.3 Å². The van der Waals surface area contributed by atoms with E-state index in [-0.39, 0.29) is 5.78 Å². The molecule has 0 amide bonds. The number of hydrogen-bond acceptors (Lipinski definition) is 2. The number of allylic oxidation sites excluding steroid dienone is 2. The zero-order valence-corrected chi connectivity index (χ0v) is 8.47. The predicted molar refractivity (Wildman–Crippen MR) is 60.9 cm³/mol. The molecular formula is C13H11NO. The molecule has 0 fully saturated rings. The number of carbonyl (C=O) groups excluding carboxylic acids is 1. The van der Waals surface area contributed by atoms with Gasteiger partial charge in [-0.15, -0.1) is 0 Å². The van der Waals surface area contributed by atoms with Crippen LogP contribution in [-0.2, 0) is 0 Å². The summed E-state index contributed by atoms with van der Waals surface area (Å²) in [6.07, 6.45) is 6.80. The first kappa shape index (κ1) is 9.59. The van der Waals surface area contributed by atoms with Gasteiger partial charge in [0.2, 0.25) is 0 Å². The molecule has 15 heavy (non-hydrogen) atoms. The molecule has 0 aliphatic carbocycles. The van der Waals surface area contributed by atoms with E-state index in [2.05, 4.69) is 4.98 Å². The summed E-state index contributed by atoms with van der Waals surface area (Å²) in [6.45, 7) is 1.84. The summed E-state index contributed by atoms with van der Waals surface area (Å²) in [6, 6.07) is 7.53. The summed E-state index contributed by atoms with van der Waals surface area (Å²) in [5, 5.41) is 1.95. The summed E-state index contributed by atoms with van der Waals surface area (Å²) in [5.41, 5.74) is 0.730. The fourth-order valence-electron chi connectivity index (χ4n) is 1.58. The SMILES string of the molecule is C/C=C/C(=O)c1cccc2cnccc12. The summed E-state index contributed by atoms with van der Waals surface area (Å²) in [7, 11) is 0. The van der Waals surface area contributed by atoms with Gasteiger partial charge in [0.05, 0.1) is 0 Å². The van der Waals surface area contributed by atoms with Gasteiger partial charge < -0.3 is 0 Å². The maximum atomic E-state index is 11.8. The van der Waals surface area contributed by atoms with E-state index in [0.717, 1.165) is 16.3 Å². The topological polar surface area (TPSA) is 30.0 Å². The minimum absolute atomic E-state index is 0.0364. The molecule has 0 saturated carbocycles. The third-order valence-corrected chi connectivity index (χ3v) is 2.26. The van der Waals surface area contributed by atoms with Crippen LogP contribution >= 0.6 is 0 Å². The highest BCUT2D eigenvalue weighted by Crippen LogP contribution is 2.18. The lowest BCUT2D eigenvalue weighted by Gasteiger charge is -2.01. The van der Waals surface area contributed by atoms with Crippen molar-refractivity contribution >= 4 is 16.6 Å². The zero-order valence-electron chi connectivity index (χ0n) is 8.47. The van der Waals surface area contributed by atoms with Crippen LogP contribution < -0.4 is 0 Å². The first-order valence-corrected chi connectivity index (χ1v) is 4.82. The Morgan fingerprint density at radius 3 is 3.00 bits per heavy atom. The third-order valence-electron chi connectivity index (χ3n) is 2.26. The van der Waals surface area contributed by atoms with Crippen LogP contribution in [-0.4, -0.2) is 10.8 Å². The molecule has 2 nitrogen and oxygen atoms in total. The van der Waals surface area contributed by atoms with Crippen LogP contribution in [0.5, 0.6) is 0 Å². The Bertz CT molecular complexity index is 524. The Kier molecular flexibility index (Phi) is 2.59. The van der Waals surface area contributed by atoms with E-state index < -0.39 is 0 Å². The molecule has 2 heteroatoms. The lowest BCUT2D eigenvalue weighted by Crippen LogP contribution is -1.95. The quantitative estimate of drug-likeness (QED) is 0.547. The standard InChI is InChI=1S/C13H11NO/c1-2-4-13(15)12-6-3-5-10-9-14-8-7-11(10)12/h2-9H,1H3/b4-2+.